The summed E-state index contributed by atoms with van der Waals surface area (Å²) in [5.74, 6) is 0.381. The Labute approximate surface area is 134 Å². The molecule has 0 atom stereocenters. The fraction of sp³-hybridized carbons (Fsp3) is 0.353. The number of imidazole rings is 1. The van der Waals surface area contributed by atoms with E-state index in [1.165, 1.54) is 0 Å². The van der Waals surface area contributed by atoms with Crippen LogP contribution in [0, 0.1) is 5.41 Å². The molecule has 0 saturated heterocycles. The molecule has 2 heterocycles. The van der Waals surface area contributed by atoms with Gasteiger partial charge in [0.25, 0.3) is 0 Å². The summed E-state index contributed by atoms with van der Waals surface area (Å²) in [5.41, 5.74) is 9.17. The van der Waals surface area contributed by atoms with E-state index >= 15 is 0 Å². The third-order valence-electron chi connectivity index (χ3n) is 3.78. The van der Waals surface area contributed by atoms with Gasteiger partial charge in [-0.15, -0.1) is 0 Å². The number of aryl methyl sites for hydroxylation is 1. The molecule has 0 radical (unpaired) electrons. The number of nitrogens with zero attached hydrogens (tertiary/aromatic N) is 4. The Morgan fingerprint density at radius 2 is 1.83 bits per heavy atom. The molecule has 0 aliphatic carbocycles. The van der Waals surface area contributed by atoms with Crippen molar-refractivity contribution >= 4 is 16.9 Å². The zero-order valence-electron chi connectivity index (χ0n) is 13.9. The van der Waals surface area contributed by atoms with Gasteiger partial charge in [-0.05, 0) is 17.5 Å². The number of benzene rings is 1. The molecule has 2 aromatic heterocycles. The van der Waals surface area contributed by atoms with E-state index in [1.54, 1.807) is 24.0 Å². The number of rotatable bonds is 2. The van der Waals surface area contributed by atoms with Gasteiger partial charge in [-0.1, -0.05) is 26.8 Å². The summed E-state index contributed by atoms with van der Waals surface area (Å²) in [4.78, 5) is 20.9. The molecular weight excluding hydrogens is 290 g/mol. The highest BCUT2D eigenvalue weighted by Crippen LogP contribution is 2.26. The van der Waals surface area contributed by atoms with Crippen LogP contribution in [-0.4, -0.2) is 19.1 Å². The number of hydrogen-bond acceptors (Lipinski definition) is 4. The highest BCUT2D eigenvalue weighted by atomic mass is 16.1. The van der Waals surface area contributed by atoms with Crippen molar-refractivity contribution in [2.75, 3.05) is 5.73 Å². The first kappa shape index (κ1) is 15.3. The zero-order chi connectivity index (χ0) is 16.8. The molecule has 0 aliphatic heterocycles. The second-order valence-electron chi connectivity index (χ2n) is 6.98. The topological polar surface area (TPSA) is 78.7 Å². The Morgan fingerprint density at radius 3 is 2.48 bits per heavy atom. The predicted molar refractivity (Wildman–Crippen MR) is 92.1 cm³/mol. The van der Waals surface area contributed by atoms with Crippen LogP contribution < -0.4 is 11.4 Å². The van der Waals surface area contributed by atoms with Crippen LogP contribution in [0.5, 0.6) is 0 Å². The van der Waals surface area contributed by atoms with E-state index in [2.05, 4.69) is 30.7 Å². The second-order valence-corrected chi connectivity index (χ2v) is 6.98. The summed E-state index contributed by atoms with van der Waals surface area (Å²) in [5, 5.41) is 0. The maximum atomic E-state index is 12.6. The molecule has 0 unspecified atom stereocenters. The molecule has 0 bridgehead atoms. The molecular formula is C17H21N5O. The van der Waals surface area contributed by atoms with Crippen LogP contribution in [0.25, 0.3) is 22.3 Å². The largest absolute Gasteiger partial charge is 0.382 e. The van der Waals surface area contributed by atoms with Gasteiger partial charge in [0.2, 0.25) is 0 Å². The SMILES string of the molecule is Cn1c(=O)n(CC(C)(C)C)c2ccc(-c3nccnc3N)cc21. The lowest BCUT2D eigenvalue weighted by Crippen LogP contribution is -2.27. The molecule has 0 fully saturated rings. The molecule has 0 aliphatic rings. The van der Waals surface area contributed by atoms with E-state index in [4.69, 9.17) is 5.73 Å². The van der Waals surface area contributed by atoms with Crippen molar-refractivity contribution in [3.63, 3.8) is 0 Å². The molecule has 1 aromatic carbocycles. The Morgan fingerprint density at radius 1 is 1.13 bits per heavy atom. The van der Waals surface area contributed by atoms with Gasteiger partial charge in [0, 0.05) is 31.5 Å². The number of nitrogens with two attached hydrogens (primary N) is 1. The van der Waals surface area contributed by atoms with Crippen molar-refractivity contribution in [3.05, 3.63) is 41.1 Å². The fourth-order valence-electron chi connectivity index (χ4n) is 2.75. The standard InChI is InChI=1S/C17H21N5O/c1-17(2,3)10-22-12-6-5-11(9-13(12)21(4)16(22)23)14-15(18)20-8-7-19-14/h5-9H,10H2,1-4H3,(H2,18,20). The predicted octanol–water partition coefficient (Wildman–Crippen LogP) is 2.43. The minimum atomic E-state index is -0.0146. The Hall–Kier alpha value is -2.63. The molecule has 0 amide bonds. The minimum absolute atomic E-state index is 0.0146. The molecule has 3 rings (SSSR count). The van der Waals surface area contributed by atoms with E-state index in [-0.39, 0.29) is 11.1 Å². The van der Waals surface area contributed by atoms with E-state index in [0.717, 1.165) is 16.6 Å². The van der Waals surface area contributed by atoms with E-state index < -0.39 is 0 Å². The second kappa shape index (κ2) is 5.22. The third kappa shape index (κ3) is 2.72. The first-order valence-corrected chi connectivity index (χ1v) is 7.54. The van der Waals surface area contributed by atoms with E-state index in [1.807, 2.05) is 22.8 Å². The van der Waals surface area contributed by atoms with Crippen molar-refractivity contribution in [1.82, 2.24) is 19.1 Å². The minimum Gasteiger partial charge on any atom is -0.382 e. The van der Waals surface area contributed by atoms with Gasteiger partial charge in [0.15, 0.2) is 0 Å². The first-order valence-electron chi connectivity index (χ1n) is 7.54. The molecule has 0 spiro atoms. The monoisotopic (exact) mass is 311 g/mol. The first-order chi connectivity index (χ1) is 10.8. The lowest BCUT2D eigenvalue weighted by Gasteiger charge is -2.18. The smallest absolute Gasteiger partial charge is 0.328 e. The molecule has 0 saturated carbocycles. The number of hydrogen-bond donors (Lipinski definition) is 1. The van der Waals surface area contributed by atoms with Crippen molar-refractivity contribution < 1.29 is 0 Å². The Balaban J connectivity index is 2.21. The summed E-state index contributed by atoms with van der Waals surface area (Å²) in [6.07, 6.45) is 3.17. The third-order valence-corrected chi connectivity index (χ3v) is 3.78. The van der Waals surface area contributed by atoms with Gasteiger partial charge < -0.3 is 5.73 Å². The molecule has 6 heteroatoms. The number of anilines is 1. The number of nitrogen functional groups attached to an aromatic ring is 1. The zero-order valence-corrected chi connectivity index (χ0v) is 13.9. The van der Waals surface area contributed by atoms with Gasteiger partial charge in [-0.3, -0.25) is 14.1 Å². The molecule has 6 nitrogen and oxygen atoms in total. The molecule has 3 aromatic rings. The summed E-state index contributed by atoms with van der Waals surface area (Å²) in [6, 6.07) is 5.82. The van der Waals surface area contributed by atoms with Crippen LogP contribution in [0.2, 0.25) is 0 Å². The van der Waals surface area contributed by atoms with Gasteiger partial charge in [-0.2, -0.15) is 0 Å². The van der Waals surface area contributed by atoms with Crippen LogP contribution in [0.1, 0.15) is 20.8 Å². The fourth-order valence-corrected chi connectivity index (χ4v) is 2.75. The molecule has 23 heavy (non-hydrogen) atoms. The van der Waals surface area contributed by atoms with Crippen LogP contribution in [0.3, 0.4) is 0 Å². The Kier molecular flexibility index (Phi) is 3.47. The summed E-state index contributed by atoms with van der Waals surface area (Å²) in [6.45, 7) is 7.02. The van der Waals surface area contributed by atoms with Crippen molar-refractivity contribution in [1.29, 1.82) is 0 Å². The average molecular weight is 311 g/mol. The number of aromatic nitrogens is 4. The summed E-state index contributed by atoms with van der Waals surface area (Å²) in [7, 11) is 1.79. The lowest BCUT2D eigenvalue weighted by molar-refractivity contribution is 0.342. The van der Waals surface area contributed by atoms with Gasteiger partial charge in [-0.25, -0.2) is 9.78 Å². The van der Waals surface area contributed by atoms with Crippen molar-refractivity contribution in [3.8, 4) is 11.3 Å². The van der Waals surface area contributed by atoms with Crippen LogP contribution in [0.15, 0.2) is 35.4 Å². The maximum absolute atomic E-state index is 12.6. The number of fused-ring (bicyclic) bond motifs is 1. The van der Waals surface area contributed by atoms with Gasteiger partial charge in [0.1, 0.15) is 11.5 Å². The van der Waals surface area contributed by atoms with Crippen molar-refractivity contribution in [2.45, 2.75) is 27.3 Å². The van der Waals surface area contributed by atoms with E-state index in [9.17, 15) is 4.79 Å². The molecule has 120 valence electrons. The lowest BCUT2D eigenvalue weighted by atomic mass is 9.97. The summed E-state index contributed by atoms with van der Waals surface area (Å²) >= 11 is 0. The van der Waals surface area contributed by atoms with Gasteiger partial charge in [0.05, 0.1) is 11.0 Å². The van der Waals surface area contributed by atoms with Crippen LogP contribution >= 0.6 is 0 Å². The Bertz CT molecular complexity index is 930. The highest BCUT2D eigenvalue weighted by molar-refractivity contribution is 5.83. The average Bonchev–Trinajstić information content (AvgIpc) is 2.71. The van der Waals surface area contributed by atoms with Crippen LogP contribution in [0.4, 0.5) is 5.82 Å². The van der Waals surface area contributed by atoms with E-state index in [0.29, 0.717) is 18.1 Å². The highest BCUT2D eigenvalue weighted by Gasteiger charge is 2.18. The quantitative estimate of drug-likeness (QED) is 0.788. The molecule has 2 N–H and O–H groups in total. The summed E-state index contributed by atoms with van der Waals surface area (Å²) < 4.78 is 3.48. The normalized spacial score (nSPS) is 12.0. The van der Waals surface area contributed by atoms with Gasteiger partial charge >= 0.3 is 5.69 Å². The van der Waals surface area contributed by atoms with Crippen LogP contribution in [-0.2, 0) is 13.6 Å². The maximum Gasteiger partial charge on any atom is 0.328 e. The van der Waals surface area contributed by atoms with Crippen molar-refractivity contribution in [2.24, 2.45) is 12.5 Å².